The van der Waals surface area contributed by atoms with Crippen molar-refractivity contribution in [3.05, 3.63) is 23.5 Å². The summed E-state index contributed by atoms with van der Waals surface area (Å²) >= 11 is 5.75. The summed E-state index contributed by atoms with van der Waals surface area (Å²) in [7, 11) is -2.92. The van der Waals surface area contributed by atoms with E-state index in [0.29, 0.717) is 24.5 Å². The van der Waals surface area contributed by atoms with E-state index < -0.39 is 9.84 Å². The number of halogens is 1. The Morgan fingerprint density at radius 3 is 2.71 bits per heavy atom. The third-order valence-electron chi connectivity index (χ3n) is 2.12. The minimum absolute atomic E-state index is 0.127. The molecule has 0 saturated heterocycles. The van der Waals surface area contributed by atoms with Crippen molar-refractivity contribution in [2.45, 2.75) is 19.2 Å². The Morgan fingerprint density at radius 2 is 2.12 bits per heavy atom. The molecule has 4 nitrogen and oxygen atoms in total. The minimum Gasteiger partial charge on any atom is -0.492 e. The molecule has 0 amide bonds. The second-order valence-electron chi connectivity index (χ2n) is 3.86. The van der Waals surface area contributed by atoms with E-state index in [-0.39, 0.29) is 11.6 Å². The molecule has 0 aliphatic rings. The summed E-state index contributed by atoms with van der Waals surface area (Å²) in [4.78, 5) is 4.24. The minimum atomic E-state index is -2.92. The molecule has 96 valence electrons. The number of aromatic nitrogens is 1. The topological polar surface area (TPSA) is 56.3 Å². The molecule has 6 heteroatoms. The van der Waals surface area contributed by atoms with E-state index in [2.05, 4.69) is 4.98 Å². The zero-order chi connectivity index (χ0) is 12.9. The molecule has 0 N–H and O–H groups in total. The molecular formula is C11H16ClNO3S. The average Bonchev–Trinajstić information content (AvgIpc) is 2.24. The van der Waals surface area contributed by atoms with Crippen molar-refractivity contribution >= 4 is 21.4 Å². The molecule has 1 aromatic heterocycles. The first-order chi connectivity index (χ1) is 7.92. The molecule has 0 aliphatic heterocycles. The van der Waals surface area contributed by atoms with Gasteiger partial charge in [0.25, 0.3) is 0 Å². The van der Waals surface area contributed by atoms with E-state index in [0.717, 1.165) is 5.69 Å². The van der Waals surface area contributed by atoms with Crippen LogP contribution < -0.4 is 4.74 Å². The Labute approximate surface area is 107 Å². The van der Waals surface area contributed by atoms with E-state index in [4.69, 9.17) is 16.3 Å². The van der Waals surface area contributed by atoms with E-state index in [1.807, 2.05) is 13.0 Å². The van der Waals surface area contributed by atoms with Gasteiger partial charge in [-0.3, -0.25) is 4.98 Å². The highest BCUT2D eigenvalue weighted by Crippen LogP contribution is 2.18. The number of hydrogen-bond acceptors (Lipinski definition) is 4. The van der Waals surface area contributed by atoms with Crippen molar-refractivity contribution in [1.29, 1.82) is 0 Å². The predicted octanol–water partition coefficient (Wildman–Crippen LogP) is 1.94. The maximum absolute atomic E-state index is 10.9. The largest absolute Gasteiger partial charge is 0.492 e. The molecule has 0 atom stereocenters. The Bertz CT molecular complexity index is 474. The summed E-state index contributed by atoms with van der Waals surface area (Å²) in [5.41, 5.74) is 1.56. The van der Waals surface area contributed by atoms with Crippen LogP contribution in [0.4, 0.5) is 0 Å². The average molecular weight is 278 g/mol. The molecule has 0 bridgehead atoms. The van der Waals surface area contributed by atoms with Gasteiger partial charge in [0.15, 0.2) is 0 Å². The van der Waals surface area contributed by atoms with Gasteiger partial charge >= 0.3 is 0 Å². The summed E-state index contributed by atoms with van der Waals surface area (Å²) < 4.78 is 27.3. The number of hydrogen-bond donors (Lipinski definition) is 0. The van der Waals surface area contributed by atoms with Gasteiger partial charge in [0, 0.05) is 11.9 Å². The molecule has 0 spiro atoms. The van der Waals surface area contributed by atoms with Crippen LogP contribution >= 0.6 is 11.6 Å². The first-order valence-electron chi connectivity index (χ1n) is 5.25. The van der Waals surface area contributed by atoms with Crippen LogP contribution in [0.5, 0.6) is 5.75 Å². The third-order valence-corrected chi connectivity index (χ3v) is 3.40. The van der Waals surface area contributed by atoms with Gasteiger partial charge in [-0.25, -0.2) is 8.42 Å². The van der Waals surface area contributed by atoms with Crippen LogP contribution in [0, 0.1) is 6.92 Å². The van der Waals surface area contributed by atoms with E-state index in [1.54, 1.807) is 6.07 Å². The van der Waals surface area contributed by atoms with Crippen molar-refractivity contribution in [2.24, 2.45) is 0 Å². The van der Waals surface area contributed by atoms with Gasteiger partial charge in [0.2, 0.25) is 0 Å². The van der Waals surface area contributed by atoms with Crippen LogP contribution in [0.25, 0.3) is 0 Å². The summed E-state index contributed by atoms with van der Waals surface area (Å²) in [6.45, 7) is 2.23. The van der Waals surface area contributed by atoms with Crippen molar-refractivity contribution in [2.75, 3.05) is 18.6 Å². The van der Waals surface area contributed by atoms with Crippen LogP contribution in [0.3, 0.4) is 0 Å². The predicted molar refractivity (Wildman–Crippen MR) is 68.4 cm³/mol. The van der Waals surface area contributed by atoms with E-state index >= 15 is 0 Å². The zero-order valence-corrected chi connectivity index (χ0v) is 11.5. The molecule has 1 rings (SSSR count). The summed E-state index contributed by atoms with van der Waals surface area (Å²) in [5.74, 6) is 1.03. The molecule has 0 saturated carbocycles. The monoisotopic (exact) mass is 277 g/mol. The van der Waals surface area contributed by atoms with Crippen LogP contribution in [0.2, 0.25) is 0 Å². The number of ether oxygens (including phenoxy) is 1. The normalized spacial score (nSPS) is 11.5. The molecule has 0 unspecified atom stereocenters. The molecule has 0 radical (unpaired) electrons. The first-order valence-corrected chi connectivity index (χ1v) is 7.85. The highest BCUT2D eigenvalue weighted by atomic mass is 35.5. The standard InChI is InChI=1S/C11H16ClNO3S/c1-9-4-5-11(10(8-12)13-9)16-6-3-7-17(2,14)15/h4-5H,3,6-8H2,1-2H3. The molecular weight excluding hydrogens is 262 g/mol. The Morgan fingerprint density at radius 1 is 1.41 bits per heavy atom. The molecule has 17 heavy (non-hydrogen) atoms. The number of nitrogens with zero attached hydrogens (tertiary/aromatic N) is 1. The van der Waals surface area contributed by atoms with E-state index in [9.17, 15) is 8.42 Å². The highest BCUT2D eigenvalue weighted by Gasteiger charge is 2.06. The van der Waals surface area contributed by atoms with Crippen LogP contribution in [0.15, 0.2) is 12.1 Å². The van der Waals surface area contributed by atoms with Crippen molar-refractivity contribution in [1.82, 2.24) is 4.98 Å². The number of sulfone groups is 1. The molecule has 0 aliphatic carbocycles. The Hall–Kier alpha value is -0.810. The van der Waals surface area contributed by atoms with Crippen molar-refractivity contribution in [3.63, 3.8) is 0 Å². The van der Waals surface area contributed by atoms with Gasteiger partial charge in [0.1, 0.15) is 15.6 Å². The Kier molecular flexibility index (Phi) is 5.21. The highest BCUT2D eigenvalue weighted by molar-refractivity contribution is 7.90. The molecule has 1 aromatic rings. The summed E-state index contributed by atoms with van der Waals surface area (Å²) in [5, 5.41) is 0. The second kappa shape index (κ2) is 6.21. The fourth-order valence-corrected chi connectivity index (χ4v) is 2.16. The quantitative estimate of drug-likeness (QED) is 0.589. The molecule has 0 fully saturated rings. The van der Waals surface area contributed by atoms with Crippen LogP contribution in [0.1, 0.15) is 17.8 Å². The number of pyridine rings is 1. The van der Waals surface area contributed by atoms with Gasteiger partial charge in [-0.05, 0) is 25.5 Å². The van der Waals surface area contributed by atoms with Gasteiger partial charge < -0.3 is 4.74 Å². The van der Waals surface area contributed by atoms with E-state index in [1.165, 1.54) is 6.26 Å². The summed E-state index contributed by atoms with van der Waals surface area (Å²) in [6, 6.07) is 3.64. The maximum Gasteiger partial charge on any atom is 0.147 e. The fourth-order valence-electron chi connectivity index (χ4n) is 1.33. The van der Waals surface area contributed by atoms with Gasteiger partial charge in [-0.15, -0.1) is 11.6 Å². The van der Waals surface area contributed by atoms with Gasteiger partial charge in [0.05, 0.1) is 23.9 Å². The molecule has 0 aromatic carbocycles. The second-order valence-corrected chi connectivity index (χ2v) is 6.39. The lowest BCUT2D eigenvalue weighted by atomic mass is 10.3. The zero-order valence-electron chi connectivity index (χ0n) is 9.94. The Balaban J connectivity index is 2.52. The fraction of sp³-hybridized carbons (Fsp3) is 0.545. The third kappa shape index (κ3) is 5.37. The van der Waals surface area contributed by atoms with Crippen LogP contribution in [-0.2, 0) is 15.7 Å². The lowest BCUT2D eigenvalue weighted by Gasteiger charge is -2.09. The lowest BCUT2D eigenvalue weighted by molar-refractivity contribution is 0.313. The smallest absolute Gasteiger partial charge is 0.147 e. The number of aryl methyl sites for hydroxylation is 1. The molecule has 1 heterocycles. The van der Waals surface area contributed by atoms with Crippen molar-refractivity contribution in [3.8, 4) is 5.75 Å². The van der Waals surface area contributed by atoms with Crippen molar-refractivity contribution < 1.29 is 13.2 Å². The first kappa shape index (κ1) is 14.3. The van der Waals surface area contributed by atoms with Crippen LogP contribution in [-0.4, -0.2) is 32.0 Å². The lowest BCUT2D eigenvalue weighted by Crippen LogP contribution is -2.09. The number of rotatable bonds is 6. The SMILES string of the molecule is Cc1ccc(OCCCS(C)(=O)=O)c(CCl)n1. The number of alkyl halides is 1. The van der Waals surface area contributed by atoms with Gasteiger partial charge in [-0.2, -0.15) is 0 Å². The maximum atomic E-state index is 10.9. The summed E-state index contributed by atoms with van der Waals surface area (Å²) in [6.07, 6.45) is 1.68. The van der Waals surface area contributed by atoms with Gasteiger partial charge in [-0.1, -0.05) is 0 Å².